The number of anilines is 1. The molecule has 0 saturated carbocycles. The summed E-state index contributed by atoms with van der Waals surface area (Å²) in [5, 5.41) is 8.98. The highest BCUT2D eigenvalue weighted by Gasteiger charge is 2.41. The highest BCUT2D eigenvalue weighted by atomic mass is 16.7. The van der Waals surface area contributed by atoms with Gasteiger partial charge < -0.3 is 14.4 Å². The fourth-order valence-corrected chi connectivity index (χ4v) is 2.64. The molecular weight excluding hydrogens is 244 g/mol. The first kappa shape index (κ1) is 12.3. The van der Waals surface area contributed by atoms with Gasteiger partial charge in [-0.15, -0.1) is 0 Å². The molecule has 6 heteroatoms. The summed E-state index contributed by atoms with van der Waals surface area (Å²) in [6, 6.07) is 3.75. The van der Waals surface area contributed by atoms with Gasteiger partial charge in [0.15, 0.2) is 5.79 Å². The molecule has 1 aromatic rings. The van der Waals surface area contributed by atoms with Crippen LogP contribution in [0.5, 0.6) is 0 Å². The molecule has 6 nitrogen and oxygen atoms in total. The SMILES string of the molecule is Cc1cc(C#N)nc(N2CCCC3(C2)OCCO3)n1. The Kier molecular flexibility index (Phi) is 3.09. The van der Waals surface area contributed by atoms with Crippen LogP contribution in [0.25, 0.3) is 0 Å². The fraction of sp³-hybridized carbons (Fsp3) is 0.615. The van der Waals surface area contributed by atoms with Crippen LogP contribution in [-0.4, -0.2) is 42.1 Å². The predicted molar refractivity (Wildman–Crippen MR) is 67.6 cm³/mol. The lowest BCUT2D eigenvalue weighted by Crippen LogP contribution is -2.49. The van der Waals surface area contributed by atoms with Crippen LogP contribution in [0.4, 0.5) is 5.95 Å². The second-order valence-electron chi connectivity index (χ2n) is 4.94. The largest absolute Gasteiger partial charge is 0.346 e. The van der Waals surface area contributed by atoms with Gasteiger partial charge in [0.2, 0.25) is 5.95 Å². The molecule has 0 aliphatic carbocycles. The van der Waals surface area contributed by atoms with Gasteiger partial charge in [-0.3, -0.25) is 0 Å². The zero-order chi connectivity index (χ0) is 13.3. The zero-order valence-corrected chi connectivity index (χ0v) is 10.9. The first-order valence-electron chi connectivity index (χ1n) is 6.49. The van der Waals surface area contributed by atoms with E-state index < -0.39 is 5.79 Å². The van der Waals surface area contributed by atoms with Crippen molar-refractivity contribution in [2.75, 3.05) is 31.2 Å². The van der Waals surface area contributed by atoms with Gasteiger partial charge in [0.25, 0.3) is 0 Å². The Balaban J connectivity index is 1.85. The number of aromatic nitrogens is 2. The standard InChI is InChI=1S/C13H16N4O2/c1-10-7-11(8-14)16-12(15-10)17-4-2-3-13(9-17)18-5-6-19-13/h7H,2-6,9H2,1H3. The Morgan fingerprint density at radius 3 is 2.89 bits per heavy atom. The van der Waals surface area contributed by atoms with Crippen molar-refractivity contribution in [3.63, 3.8) is 0 Å². The van der Waals surface area contributed by atoms with Gasteiger partial charge in [-0.1, -0.05) is 0 Å². The Hall–Kier alpha value is -1.71. The summed E-state index contributed by atoms with van der Waals surface area (Å²) in [6.45, 7) is 4.65. The van der Waals surface area contributed by atoms with E-state index in [-0.39, 0.29) is 0 Å². The Morgan fingerprint density at radius 1 is 1.37 bits per heavy atom. The lowest BCUT2D eigenvalue weighted by Gasteiger charge is -2.38. The number of ether oxygens (including phenoxy) is 2. The van der Waals surface area contributed by atoms with Crippen molar-refractivity contribution in [1.29, 1.82) is 5.26 Å². The minimum absolute atomic E-state index is 0.399. The molecule has 0 amide bonds. The smallest absolute Gasteiger partial charge is 0.226 e. The van der Waals surface area contributed by atoms with Crippen molar-refractivity contribution in [3.8, 4) is 6.07 Å². The van der Waals surface area contributed by atoms with Crippen LogP contribution < -0.4 is 4.90 Å². The predicted octanol–water partition coefficient (Wildman–Crippen LogP) is 1.00. The molecule has 0 unspecified atom stereocenters. The Bertz CT molecular complexity index is 520. The summed E-state index contributed by atoms with van der Waals surface area (Å²) < 4.78 is 11.5. The summed E-state index contributed by atoms with van der Waals surface area (Å²) in [4.78, 5) is 10.7. The van der Waals surface area contributed by atoms with Gasteiger partial charge in [-0.05, 0) is 19.4 Å². The number of nitriles is 1. The topological polar surface area (TPSA) is 71.3 Å². The average Bonchev–Trinajstić information content (AvgIpc) is 2.86. The van der Waals surface area contributed by atoms with Crippen molar-refractivity contribution in [3.05, 3.63) is 17.5 Å². The van der Waals surface area contributed by atoms with E-state index in [1.807, 2.05) is 11.8 Å². The third-order valence-corrected chi connectivity index (χ3v) is 3.47. The van der Waals surface area contributed by atoms with E-state index in [2.05, 4.69) is 16.0 Å². The van der Waals surface area contributed by atoms with Gasteiger partial charge in [-0.25, -0.2) is 9.97 Å². The normalized spacial score (nSPS) is 21.6. The number of rotatable bonds is 1. The third-order valence-electron chi connectivity index (χ3n) is 3.47. The molecule has 19 heavy (non-hydrogen) atoms. The molecule has 1 aromatic heterocycles. The van der Waals surface area contributed by atoms with Gasteiger partial charge in [0, 0.05) is 18.7 Å². The monoisotopic (exact) mass is 260 g/mol. The summed E-state index contributed by atoms with van der Waals surface area (Å²) in [7, 11) is 0. The van der Waals surface area contributed by atoms with E-state index in [0.717, 1.165) is 25.1 Å². The number of piperidine rings is 1. The van der Waals surface area contributed by atoms with Crippen LogP contribution in [-0.2, 0) is 9.47 Å². The second-order valence-corrected chi connectivity index (χ2v) is 4.94. The summed E-state index contributed by atoms with van der Waals surface area (Å²) in [5.74, 6) is 0.0905. The molecule has 2 aliphatic rings. The van der Waals surface area contributed by atoms with Crippen molar-refractivity contribution in [2.45, 2.75) is 25.6 Å². The van der Waals surface area contributed by atoms with Gasteiger partial charge >= 0.3 is 0 Å². The Morgan fingerprint density at radius 2 is 2.16 bits per heavy atom. The summed E-state index contributed by atoms with van der Waals surface area (Å²) >= 11 is 0. The van der Waals surface area contributed by atoms with Crippen molar-refractivity contribution >= 4 is 5.95 Å². The first-order valence-corrected chi connectivity index (χ1v) is 6.49. The molecule has 2 fully saturated rings. The number of hydrogen-bond acceptors (Lipinski definition) is 6. The van der Waals surface area contributed by atoms with E-state index in [1.165, 1.54) is 0 Å². The number of nitrogens with zero attached hydrogens (tertiary/aromatic N) is 4. The Labute approximate surface area is 112 Å². The molecule has 3 heterocycles. The highest BCUT2D eigenvalue weighted by Crippen LogP contribution is 2.31. The second kappa shape index (κ2) is 4.76. The highest BCUT2D eigenvalue weighted by molar-refractivity contribution is 5.37. The number of hydrogen-bond donors (Lipinski definition) is 0. The van der Waals surface area contributed by atoms with Crippen LogP contribution in [0.2, 0.25) is 0 Å². The van der Waals surface area contributed by atoms with E-state index >= 15 is 0 Å². The van der Waals surface area contributed by atoms with Crippen LogP contribution in [0.1, 0.15) is 24.2 Å². The van der Waals surface area contributed by atoms with Crippen LogP contribution in [0.3, 0.4) is 0 Å². The molecule has 0 atom stereocenters. The minimum Gasteiger partial charge on any atom is -0.346 e. The van der Waals surface area contributed by atoms with Crippen molar-refractivity contribution < 1.29 is 9.47 Å². The maximum Gasteiger partial charge on any atom is 0.226 e. The third kappa shape index (κ3) is 2.39. The maximum absolute atomic E-state index is 8.98. The summed E-state index contributed by atoms with van der Waals surface area (Å²) in [6.07, 6.45) is 1.87. The van der Waals surface area contributed by atoms with Gasteiger partial charge in [0.05, 0.1) is 19.8 Å². The average molecular weight is 260 g/mol. The van der Waals surface area contributed by atoms with E-state index in [4.69, 9.17) is 14.7 Å². The van der Waals surface area contributed by atoms with Crippen molar-refractivity contribution in [1.82, 2.24) is 9.97 Å². The minimum atomic E-state index is -0.502. The zero-order valence-electron chi connectivity index (χ0n) is 10.9. The molecule has 100 valence electrons. The number of aryl methyl sites for hydroxylation is 1. The molecule has 3 rings (SSSR count). The lowest BCUT2D eigenvalue weighted by molar-refractivity contribution is -0.161. The van der Waals surface area contributed by atoms with Crippen LogP contribution >= 0.6 is 0 Å². The molecule has 0 bridgehead atoms. The van der Waals surface area contributed by atoms with Crippen molar-refractivity contribution in [2.24, 2.45) is 0 Å². The first-order chi connectivity index (χ1) is 9.21. The van der Waals surface area contributed by atoms with Crippen LogP contribution in [0.15, 0.2) is 6.07 Å². The van der Waals surface area contributed by atoms with E-state index in [9.17, 15) is 0 Å². The molecule has 1 spiro atoms. The lowest BCUT2D eigenvalue weighted by atomic mass is 10.1. The molecule has 0 radical (unpaired) electrons. The molecule has 0 N–H and O–H groups in total. The quantitative estimate of drug-likeness (QED) is 0.750. The summed E-state index contributed by atoms with van der Waals surface area (Å²) in [5.41, 5.74) is 1.20. The molecule has 2 aliphatic heterocycles. The molecule has 0 aromatic carbocycles. The fourth-order valence-electron chi connectivity index (χ4n) is 2.64. The van der Waals surface area contributed by atoms with Gasteiger partial charge in [0.1, 0.15) is 11.8 Å². The van der Waals surface area contributed by atoms with Crippen LogP contribution in [0, 0.1) is 18.3 Å². The molecule has 2 saturated heterocycles. The van der Waals surface area contributed by atoms with E-state index in [1.54, 1.807) is 6.07 Å². The van der Waals surface area contributed by atoms with Gasteiger partial charge in [-0.2, -0.15) is 5.26 Å². The van der Waals surface area contributed by atoms with E-state index in [0.29, 0.717) is 31.4 Å². The molecular formula is C13H16N4O2. The maximum atomic E-state index is 8.98.